The Hall–Kier alpha value is -3.80. The smallest absolute Gasteiger partial charge is 0.417 e. The number of anilines is 2. The third-order valence-electron chi connectivity index (χ3n) is 5.39. The molecule has 0 unspecified atom stereocenters. The van der Waals surface area contributed by atoms with Gasteiger partial charge < -0.3 is 29.0 Å². The van der Waals surface area contributed by atoms with E-state index in [2.05, 4.69) is 15.3 Å². The normalized spacial score (nSPS) is 11.4. The van der Waals surface area contributed by atoms with Crippen molar-refractivity contribution in [3.05, 3.63) is 71.5 Å². The van der Waals surface area contributed by atoms with Gasteiger partial charge in [0.05, 0.1) is 29.3 Å². The Labute approximate surface area is 227 Å². The number of nitrogens with one attached hydrogen (secondary N) is 1. The molecule has 8 nitrogen and oxygen atoms in total. The molecule has 206 valence electrons. The van der Waals surface area contributed by atoms with Crippen LogP contribution < -0.4 is 19.5 Å². The second-order valence-corrected chi connectivity index (χ2v) is 8.52. The van der Waals surface area contributed by atoms with Crippen molar-refractivity contribution in [1.29, 1.82) is 0 Å². The van der Waals surface area contributed by atoms with Crippen molar-refractivity contribution in [3.8, 4) is 23.0 Å². The summed E-state index contributed by atoms with van der Waals surface area (Å²) in [6, 6.07) is 13.6. The molecule has 0 radical (unpaired) electrons. The van der Waals surface area contributed by atoms with Crippen LogP contribution in [0.5, 0.6) is 23.0 Å². The summed E-state index contributed by atoms with van der Waals surface area (Å²) in [5.41, 5.74) is 0.326. The van der Waals surface area contributed by atoms with Crippen LogP contribution in [-0.2, 0) is 15.7 Å². The highest BCUT2D eigenvalue weighted by Crippen LogP contribution is 2.38. The molecule has 0 saturated carbocycles. The third kappa shape index (κ3) is 7.41. The molecule has 0 aliphatic carbocycles. The van der Waals surface area contributed by atoms with E-state index in [0.29, 0.717) is 66.1 Å². The van der Waals surface area contributed by atoms with Crippen LogP contribution in [0.2, 0.25) is 5.02 Å². The zero-order valence-corrected chi connectivity index (χ0v) is 21.8. The monoisotopic (exact) mass is 563 g/mol. The summed E-state index contributed by atoms with van der Waals surface area (Å²) in [5.74, 6) is 1.88. The van der Waals surface area contributed by atoms with Crippen molar-refractivity contribution in [3.63, 3.8) is 0 Å². The first-order chi connectivity index (χ1) is 18.8. The number of halogens is 4. The van der Waals surface area contributed by atoms with E-state index in [0.717, 1.165) is 12.1 Å². The van der Waals surface area contributed by atoms with E-state index >= 15 is 0 Å². The van der Waals surface area contributed by atoms with E-state index in [1.165, 1.54) is 12.4 Å². The molecule has 1 N–H and O–H groups in total. The van der Waals surface area contributed by atoms with E-state index in [9.17, 15) is 13.2 Å². The lowest BCUT2D eigenvalue weighted by Crippen LogP contribution is -2.09. The Kier molecular flexibility index (Phi) is 9.28. The van der Waals surface area contributed by atoms with Gasteiger partial charge in [-0.1, -0.05) is 11.6 Å². The number of alkyl halides is 3. The first-order valence-corrected chi connectivity index (χ1v) is 12.1. The minimum absolute atomic E-state index is 0.0127. The van der Waals surface area contributed by atoms with Crippen LogP contribution in [0.25, 0.3) is 10.9 Å². The van der Waals surface area contributed by atoms with Gasteiger partial charge in [-0.05, 0) is 48.5 Å². The van der Waals surface area contributed by atoms with Gasteiger partial charge >= 0.3 is 6.18 Å². The predicted octanol–water partition coefficient (Wildman–Crippen LogP) is 6.89. The Bertz CT molecular complexity index is 1400. The number of benzene rings is 3. The minimum Gasteiger partial charge on any atom is -0.487 e. The summed E-state index contributed by atoms with van der Waals surface area (Å²) in [4.78, 5) is 8.71. The number of methoxy groups -OCH3 is 2. The molecule has 0 aliphatic rings. The molecule has 0 fully saturated rings. The number of fused-ring (bicyclic) bond motifs is 1. The van der Waals surface area contributed by atoms with Crippen LogP contribution in [0.1, 0.15) is 5.56 Å². The zero-order chi connectivity index (χ0) is 27.8. The Morgan fingerprint density at radius 1 is 0.795 bits per heavy atom. The SMILES string of the molecule is COCCOc1cc2ncnc(Nc3ccc(Oc4ccc(Cl)c(C(F)(F)F)c4)cc3)c2cc1OCCOC. The molecule has 1 aromatic heterocycles. The van der Waals surface area contributed by atoms with Crippen LogP contribution >= 0.6 is 11.6 Å². The lowest BCUT2D eigenvalue weighted by molar-refractivity contribution is -0.137. The molecule has 3 aromatic carbocycles. The predicted molar refractivity (Wildman–Crippen MR) is 141 cm³/mol. The Morgan fingerprint density at radius 3 is 2.08 bits per heavy atom. The van der Waals surface area contributed by atoms with Crippen molar-refractivity contribution in [2.75, 3.05) is 46.0 Å². The molecule has 0 amide bonds. The number of hydrogen-bond acceptors (Lipinski definition) is 8. The van der Waals surface area contributed by atoms with Gasteiger partial charge in [-0.3, -0.25) is 0 Å². The summed E-state index contributed by atoms with van der Waals surface area (Å²) in [6.07, 6.45) is -3.17. The van der Waals surface area contributed by atoms with Gasteiger partial charge in [0.2, 0.25) is 0 Å². The van der Waals surface area contributed by atoms with Gasteiger partial charge in [-0.2, -0.15) is 13.2 Å². The van der Waals surface area contributed by atoms with Gasteiger partial charge in [0.15, 0.2) is 11.5 Å². The first kappa shape index (κ1) is 28.2. The first-order valence-electron chi connectivity index (χ1n) is 11.7. The number of ether oxygens (including phenoxy) is 5. The van der Waals surface area contributed by atoms with Gasteiger partial charge in [-0.15, -0.1) is 0 Å². The number of aromatic nitrogens is 2. The van der Waals surface area contributed by atoms with Crippen molar-refractivity contribution in [2.24, 2.45) is 0 Å². The average Bonchev–Trinajstić information content (AvgIpc) is 2.91. The van der Waals surface area contributed by atoms with Crippen LogP contribution in [0, 0.1) is 0 Å². The number of rotatable bonds is 12. The van der Waals surface area contributed by atoms with E-state index in [4.69, 9.17) is 35.3 Å². The molecule has 0 spiro atoms. The molecule has 0 aliphatic heterocycles. The van der Waals surface area contributed by atoms with E-state index in [1.807, 2.05) is 0 Å². The van der Waals surface area contributed by atoms with Crippen LogP contribution in [0.4, 0.5) is 24.7 Å². The van der Waals surface area contributed by atoms with Gasteiger partial charge in [0.25, 0.3) is 0 Å². The van der Waals surface area contributed by atoms with Gasteiger partial charge in [0, 0.05) is 31.4 Å². The fraction of sp³-hybridized carbons (Fsp3) is 0.259. The fourth-order valence-corrected chi connectivity index (χ4v) is 3.75. The lowest BCUT2D eigenvalue weighted by atomic mass is 10.2. The van der Waals surface area contributed by atoms with Crippen molar-refractivity contribution < 1.29 is 36.9 Å². The summed E-state index contributed by atoms with van der Waals surface area (Å²) >= 11 is 5.68. The summed E-state index contributed by atoms with van der Waals surface area (Å²) in [7, 11) is 3.17. The highest BCUT2D eigenvalue weighted by Gasteiger charge is 2.33. The number of hydrogen-bond donors (Lipinski definition) is 1. The van der Waals surface area contributed by atoms with E-state index in [-0.39, 0.29) is 5.75 Å². The van der Waals surface area contributed by atoms with Gasteiger partial charge in [0.1, 0.15) is 36.9 Å². The maximum Gasteiger partial charge on any atom is 0.417 e. The molecule has 1 heterocycles. The molecule has 12 heteroatoms. The largest absolute Gasteiger partial charge is 0.487 e. The lowest BCUT2D eigenvalue weighted by Gasteiger charge is -2.15. The second kappa shape index (κ2) is 12.8. The molecule has 0 saturated heterocycles. The van der Waals surface area contributed by atoms with Crippen LogP contribution in [0.15, 0.2) is 60.9 Å². The molecular weight excluding hydrogens is 539 g/mol. The Morgan fingerprint density at radius 2 is 1.44 bits per heavy atom. The summed E-state index contributed by atoms with van der Waals surface area (Å²) in [5, 5.41) is 3.52. The van der Waals surface area contributed by atoms with E-state index in [1.54, 1.807) is 50.6 Å². The quantitative estimate of drug-likeness (QED) is 0.187. The maximum absolute atomic E-state index is 13.1. The second-order valence-electron chi connectivity index (χ2n) is 8.11. The highest BCUT2D eigenvalue weighted by molar-refractivity contribution is 6.31. The summed E-state index contributed by atoms with van der Waals surface area (Å²) in [6.45, 7) is 1.46. The number of nitrogens with zero attached hydrogens (tertiary/aromatic N) is 2. The van der Waals surface area contributed by atoms with Crippen LogP contribution in [-0.4, -0.2) is 50.6 Å². The molecule has 0 atom stereocenters. The minimum atomic E-state index is -4.59. The standard InChI is InChI=1S/C27H25ClF3N3O5/c1-35-9-11-37-24-14-20-23(15-25(24)38-12-10-36-2)32-16-33-26(20)34-17-3-5-18(6-4-17)39-19-7-8-22(28)21(13-19)27(29,30)31/h3-8,13-16H,9-12H2,1-2H3,(H,32,33,34). The topological polar surface area (TPSA) is 84.0 Å². The fourth-order valence-electron chi connectivity index (χ4n) is 3.52. The molecule has 4 aromatic rings. The van der Waals surface area contributed by atoms with Crippen molar-refractivity contribution in [1.82, 2.24) is 9.97 Å². The molecule has 0 bridgehead atoms. The molecular formula is C27H25ClF3N3O5. The Balaban J connectivity index is 1.54. The maximum atomic E-state index is 13.1. The average molecular weight is 564 g/mol. The van der Waals surface area contributed by atoms with Crippen molar-refractivity contribution in [2.45, 2.75) is 6.18 Å². The van der Waals surface area contributed by atoms with Gasteiger partial charge in [-0.25, -0.2) is 9.97 Å². The molecule has 39 heavy (non-hydrogen) atoms. The molecule has 4 rings (SSSR count). The van der Waals surface area contributed by atoms with E-state index < -0.39 is 16.8 Å². The summed E-state index contributed by atoms with van der Waals surface area (Å²) < 4.78 is 66.9. The van der Waals surface area contributed by atoms with Crippen LogP contribution in [0.3, 0.4) is 0 Å². The third-order valence-corrected chi connectivity index (χ3v) is 5.72. The van der Waals surface area contributed by atoms with Crippen molar-refractivity contribution >= 4 is 34.0 Å². The highest BCUT2D eigenvalue weighted by atomic mass is 35.5. The zero-order valence-electron chi connectivity index (χ0n) is 21.0.